The maximum atomic E-state index is 3.91. The van der Waals surface area contributed by atoms with Crippen molar-refractivity contribution in [3.8, 4) is 0 Å². The number of piperidine rings is 1. The summed E-state index contributed by atoms with van der Waals surface area (Å²) in [4.78, 5) is 2.33. The highest BCUT2D eigenvalue weighted by molar-refractivity contribution is 5.04. The molecule has 3 aliphatic heterocycles. The summed E-state index contributed by atoms with van der Waals surface area (Å²) in [5.41, 5.74) is 0. The van der Waals surface area contributed by atoms with E-state index in [1.54, 1.807) is 0 Å². The van der Waals surface area contributed by atoms with Gasteiger partial charge in [-0.25, -0.2) is 0 Å². The molecule has 0 aromatic rings. The molecule has 3 aliphatic rings. The van der Waals surface area contributed by atoms with Gasteiger partial charge in [-0.3, -0.25) is 0 Å². The molecule has 3 heteroatoms. The molecule has 98 valence electrons. The maximum absolute atomic E-state index is 3.91. The minimum absolute atomic E-state index is 0.714. The van der Waals surface area contributed by atoms with Crippen LogP contribution in [-0.4, -0.2) is 37.1 Å². The summed E-state index contributed by atoms with van der Waals surface area (Å²) < 4.78 is 0. The number of nitrogens with one attached hydrogen (secondary N) is 2. The van der Waals surface area contributed by atoms with Crippen LogP contribution in [0.5, 0.6) is 0 Å². The number of hydrogen-bond donors (Lipinski definition) is 2. The Hall–Kier alpha value is -0.700. The van der Waals surface area contributed by atoms with Gasteiger partial charge in [-0.1, -0.05) is 19.9 Å². The van der Waals surface area contributed by atoms with Gasteiger partial charge in [0.2, 0.25) is 0 Å². The molecule has 0 aromatic carbocycles. The van der Waals surface area contributed by atoms with E-state index in [-0.39, 0.29) is 0 Å². The van der Waals surface area contributed by atoms with E-state index in [2.05, 4.69) is 29.0 Å². The van der Waals surface area contributed by atoms with Crippen LogP contribution in [0.4, 0.5) is 0 Å². The zero-order chi connectivity index (χ0) is 12.1. The molecule has 0 spiro atoms. The molecule has 2 atom stereocenters. The average Bonchev–Trinajstić information content (AvgIpc) is 2.52. The van der Waals surface area contributed by atoms with Crippen molar-refractivity contribution in [2.45, 2.75) is 45.1 Å². The molecule has 0 radical (unpaired) electrons. The van der Waals surface area contributed by atoms with Gasteiger partial charge >= 0.3 is 0 Å². The first kappa shape index (κ1) is 12.7. The SMILES string of the molecule is C=C1NC2CCCN1C2.CC1CCCCNC1. The van der Waals surface area contributed by atoms with Gasteiger partial charge < -0.3 is 15.5 Å². The summed E-state index contributed by atoms with van der Waals surface area (Å²) >= 11 is 0. The first-order valence-electron chi connectivity index (χ1n) is 7.17. The Morgan fingerprint density at radius 2 is 2.12 bits per heavy atom. The zero-order valence-corrected chi connectivity index (χ0v) is 11.2. The quantitative estimate of drug-likeness (QED) is 0.674. The van der Waals surface area contributed by atoms with Crippen LogP contribution in [0.2, 0.25) is 0 Å². The van der Waals surface area contributed by atoms with E-state index in [4.69, 9.17) is 0 Å². The fourth-order valence-electron chi connectivity index (χ4n) is 2.86. The molecule has 3 heterocycles. The van der Waals surface area contributed by atoms with E-state index in [0.29, 0.717) is 6.04 Å². The summed E-state index contributed by atoms with van der Waals surface area (Å²) in [7, 11) is 0. The Morgan fingerprint density at radius 3 is 2.88 bits per heavy atom. The number of rotatable bonds is 0. The van der Waals surface area contributed by atoms with Gasteiger partial charge in [0.25, 0.3) is 0 Å². The Kier molecular flexibility index (Phi) is 4.72. The third kappa shape index (κ3) is 3.91. The maximum Gasteiger partial charge on any atom is 0.0942 e. The predicted octanol–water partition coefficient (Wildman–Crippen LogP) is 1.92. The molecule has 3 saturated heterocycles. The Bertz CT molecular complexity index is 244. The van der Waals surface area contributed by atoms with Crippen molar-refractivity contribution in [3.05, 3.63) is 12.4 Å². The van der Waals surface area contributed by atoms with Gasteiger partial charge in [0, 0.05) is 19.1 Å². The van der Waals surface area contributed by atoms with Crippen molar-refractivity contribution < 1.29 is 0 Å². The van der Waals surface area contributed by atoms with Gasteiger partial charge in [-0.2, -0.15) is 0 Å². The molecule has 0 saturated carbocycles. The smallest absolute Gasteiger partial charge is 0.0942 e. The van der Waals surface area contributed by atoms with Crippen LogP contribution in [0, 0.1) is 5.92 Å². The largest absolute Gasteiger partial charge is 0.368 e. The molecule has 3 rings (SSSR count). The van der Waals surface area contributed by atoms with E-state index in [0.717, 1.165) is 11.7 Å². The standard InChI is InChI=1S/C7H12N2.C7H15N/c1-6-8-7-3-2-4-9(6)5-7;1-7-4-2-3-5-8-6-7/h7-8H,1-5H2;7-8H,2-6H2,1H3. The lowest BCUT2D eigenvalue weighted by Crippen LogP contribution is -2.29. The molecule has 2 bridgehead atoms. The highest BCUT2D eigenvalue weighted by Crippen LogP contribution is 2.19. The third-order valence-electron chi connectivity index (χ3n) is 3.97. The number of hydrogen-bond acceptors (Lipinski definition) is 3. The predicted molar refractivity (Wildman–Crippen MR) is 72.8 cm³/mol. The molecule has 3 fully saturated rings. The van der Waals surface area contributed by atoms with Crippen molar-refractivity contribution in [2.24, 2.45) is 5.92 Å². The van der Waals surface area contributed by atoms with Crippen LogP contribution >= 0.6 is 0 Å². The van der Waals surface area contributed by atoms with E-state index in [1.165, 1.54) is 58.3 Å². The van der Waals surface area contributed by atoms with Crippen LogP contribution in [0.15, 0.2) is 12.4 Å². The first-order chi connectivity index (χ1) is 8.25. The normalized spacial score (nSPS) is 32.3. The van der Waals surface area contributed by atoms with Crippen LogP contribution in [0.1, 0.15) is 39.0 Å². The summed E-state index contributed by atoms with van der Waals surface area (Å²) in [6.07, 6.45) is 6.89. The summed E-state index contributed by atoms with van der Waals surface area (Å²) in [6.45, 7) is 11.1. The molecule has 3 nitrogen and oxygen atoms in total. The summed E-state index contributed by atoms with van der Waals surface area (Å²) in [5.74, 6) is 2.05. The second kappa shape index (κ2) is 6.29. The van der Waals surface area contributed by atoms with Gasteiger partial charge in [0.1, 0.15) is 0 Å². The summed E-state index contributed by atoms with van der Waals surface area (Å²) in [6, 6.07) is 0.714. The Morgan fingerprint density at radius 1 is 1.24 bits per heavy atom. The van der Waals surface area contributed by atoms with Crippen molar-refractivity contribution >= 4 is 0 Å². The first-order valence-corrected chi connectivity index (χ1v) is 7.17. The molecule has 0 aromatic heterocycles. The summed E-state index contributed by atoms with van der Waals surface area (Å²) in [5, 5.41) is 6.74. The van der Waals surface area contributed by atoms with Crippen LogP contribution in [0.3, 0.4) is 0 Å². The van der Waals surface area contributed by atoms with Crippen molar-refractivity contribution in [1.82, 2.24) is 15.5 Å². The average molecular weight is 237 g/mol. The number of fused-ring (bicyclic) bond motifs is 2. The van der Waals surface area contributed by atoms with Gasteiger partial charge in [0.15, 0.2) is 0 Å². The van der Waals surface area contributed by atoms with Crippen molar-refractivity contribution in [2.75, 3.05) is 26.2 Å². The Balaban J connectivity index is 0.000000128. The minimum atomic E-state index is 0.714. The van der Waals surface area contributed by atoms with E-state index < -0.39 is 0 Å². The third-order valence-corrected chi connectivity index (χ3v) is 3.97. The minimum Gasteiger partial charge on any atom is -0.368 e. The number of nitrogens with zero attached hydrogens (tertiary/aromatic N) is 1. The molecule has 0 aliphatic carbocycles. The second-order valence-electron chi connectivity index (χ2n) is 5.68. The van der Waals surface area contributed by atoms with Gasteiger partial charge in [0.05, 0.1) is 5.82 Å². The lowest BCUT2D eigenvalue weighted by atomic mass is 10.1. The molecule has 0 amide bonds. The van der Waals surface area contributed by atoms with E-state index >= 15 is 0 Å². The molecular formula is C14H27N3. The lowest BCUT2D eigenvalue weighted by Gasteiger charge is -2.21. The zero-order valence-electron chi connectivity index (χ0n) is 11.2. The van der Waals surface area contributed by atoms with Crippen LogP contribution < -0.4 is 10.6 Å². The van der Waals surface area contributed by atoms with Gasteiger partial charge in [-0.15, -0.1) is 0 Å². The highest BCUT2D eigenvalue weighted by atomic mass is 15.3. The fraction of sp³-hybridized carbons (Fsp3) is 0.857. The molecular weight excluding hydrogens is 210 g/mol. The van der Waals surface area contributed by atoms with Gasteiger partial charge in [-0.05, 0) is 44.7 Å². The molecule has 2 unspecified atom stereocenters. The van der Waals surface area contributed by atoms with Crippen molar-refractivity contribution in [3.63, 3.8) is 0 Å². The molecule has 2 N–H and O–H groups in total. The van der Waals surface area contributed by atoms with E-state index in [1.807, 2.05) is 0 Å². The Labute approximate surface area is 106 Å². The van der Waals surface area contributed by atoms with Crippen molar-refractivity contribution in [1.29, 1.82) is 0 Å². The fourth-order valence-corrected chi connectivity index (χ4v) is 2.86. The monoisotopic (exact) mass is 237 g/mol. The second-order valence-corrected chi connectivity index (χ2v) is 5.68. The van der Waals surface area contributed by atoms with Crippen LogP contribution in [0.25, 0.3) is 0 Å². The highest BCUT2D eigenvalue weighted by Gasteiger charge is 2.27. The topological polar surface area (TPSA) is 27.3 Å². The molecule has 17 heavy (non-hydrogen) atoms. The lowest BCUT2D eigenvalue weighted by molar-refractivity contribution is 0.325. The van der Waals surface area contributed by atoms with E-state index in [9.17, 15) is 0 Å². The van der Waals surface area contributed by atoms with Crippen LogP contribution in [-0.2, 0) is 0 Å².